The van der Waals surface area contributed by atoms with Crippen molar-refractivity contribution < 1.29 is 20.2 Å². The zero-order valence-corrected chi connectivity index (χ0v) is 10.0. The highest BCUT2D eigenvalue weighted by atomic mass is 16.3. The predicted molar refractivity (Wildman–Crippen MR) is 61.6 cm³/mol. The zero-order chi connectivity index (χ0) is 11.5. The van der Waals surface area contributed by atoms with E-state index in [1.807, 2.05) is 37.4 Å². The summed E-state index contributed by atoms with van der Waals surface area (Å²) < 4.78 is 0.212. The number of aliphatic hydroxyl groups excluding tert-OH is 2. The van der Waals surface area contributed by atoms with Gasteiger partial charge < -0.3 is 15.7 Å². The van der Waals surface area contributed by atoms with E-state index in [0.29, 0.717) is 6.54 Å². The van der Waals surface area contributed by atoms with Crippen LogP contribution in [-0.4, -0.2) is 39.7 Å². The highest BCUT2D eigenvalue weighted by Gasteiger charge is 2.32. The van der Waals surface area contributed by atoms with Crippen molar-refractivity contribution in [3.05, 3.63) is 35.9 Å². The van der Waals surface area contributed by atoms with E-state index in [1.54, 1.807) is 13.8 Å². The molecule has 16 heavy (non-hydrogen) atoms. The molecule has 0 fully saturated rings. The Labute approximate surface area is 96.7 Å². The summed E-state index contributed by atoms with van der Waals surface area (Å²) >= 11 is 0. The predicted octanol–water partition coefficient (Wildman–Crippen LogP) is 1.13. The van der Waals surface area contributed by atoms with Gasteiger partial charge in [-0.05, 0) is 0 Å². The molecule has 0 bridgehead atoms. The molecule has 4 heteroatoms. The number of aliphatic hydroxyl groups is 2. The quantitative estimate of drug-likeness (QED) is 0.598. The van der Waals surface area contributed by atoms with E-state index in [0.717, 1.165) is 5.56 Å². The van der Waals surface area contributed by atoms with Gasteiger partial charge in [0.15, 0.2) is 12.5 Å². The van der Waals surface area contributed by atoms with E-state index in [-0.39, 0.29) is 9.96 Å². The maximum absolute atomic E-state index is 9.72. The highest BCUT2D eigenvalue weighted by molar-refractivity contribution is 5.13. The number of quaternary nitrogens is 1. The van der Waals surface area contributed by atoms with Gasteiger partial charge in [0.2, 0.25) is 0 Å². The maximum atomic E-state index is 9.72. The Balaban J connectivity index is 0.00000225. The van der Waals surface area contributed by atoms with E-state index >= 15 is 0 Å². The van der Waals surface area contributed by atoms with Crippen LogP contribution in [0.5, 0.6) is 0 Å². The van der Waals surface area contributed by atoms with Crippen molar-refractivity contribution in [2.45, 2.75) is 32.8 Å². The van der Waals surface area contributed by atoms with Crippen LogP contribution in [0.3, 0.4) is 0 Å². The van der Waals surface area contributed by atoms with Gasteiger partial charge in [0.25, 0.3) is 0 Å². The first-order chi connectivity index (χ1) is 6.97. The molecule has 0 radical (unpaired) electrons. The average Bonchev–Trinajstić information content (AvgIpc) is 2.18. The molecule has 0 heterocycles. The summed E-state index contributed by atoms with van der Waals surface area (Å²) in [6, 6.07) is 9.88. The molecule has 2 unspecified atom stereocenters. The molecule has 0 aliphatic rings. The Hall–Kier alpha value is -0.940. The van der Waals surface area contributed by atoms with Crippen LogP contribution >= 0.6 is 0 Å². The Morgan fingerprint density at radius 2 is 1.50 bits per heavy atom. The van der Waals surface area contributed by atoms with Crippen LogP contribution in [0.4, 0.5) is 0 Å². The van der Waals surface area contributed by atoms with Gasteiger partial charge in [-0.25, -0.2) is 0 Å². The van der Waals surface area contributed by atoms with Crippen molar-refractivity contribution in [1.29, 1.82) is 0 Å². The van der Waals surface area contributed by atoms with Crippen LogP contribution in [0.1, 0.15) is 19.4 Å². The highest BCUT2D eigenvalue weighted by Crippen LogP contribution is 2.18. The first kappa shape index (κ1) is 15.1. The van der Waals surface area contributed by atoms with Crippen LogP contribution < -0.4 is 0 Å². The number of benzene rings is 1. The molecule has 1 aromatic carbocycles. The monoisotopic (exact) mass is 227 g/mol. The maximum Gasteiger partial charge on any atom is 0.189 e. The largest absolute Gasteiger partial charge is 0.870 e. The van der Waals surface area contributed by atoms with E-state index < -0.39 is 12.5 Å². The van der Waals surface area contributed by atoms with Crippen LogP contribution in [0.25, 0.3) is 0 Å². The fourth-order valence-corrected chi connectivity index (χ4v) is 1.55. The van der Waals surface area contributed by atoms with Crippen LogP contribution in [0.2, 0.25) is 0 Å². The van der Waals surface area contributed by atoms with Gasteiger partial charge in [0, 0.05) is 19.4 Å². The standard InChI is InChI=1S/C12H20NO2.H2O/c1-10(14)13(3,11(2)15)9-12-7-5-4-6-8-12;/h4-8,10-11,14-15H,9H2,1-3H3;1H2/q+1;/p-1. The first-order valence-electron chi connectivity index (χ1n) is 5.22. The van der Waals surface area contributed by atoms with Crippen LogP contribution in [-0.2, 0) is 6.54 Å². The summed E-state index contributed by atoms with van der Waals surface area (Å²) in [7, 11) is 1.85. The van der Waals surface area contributed by atoms with Gasteiger partial charge in [-0.2, -0.15) is 0 Å². The van der Waals surface area contributed by atoms with Crippen molar-refractivity contribution in [1.82, 2.24) is 0 Å². The van der Waals surface area contributed by atoms with Crippen molar-refractivity contribution in [2.24, 2.45) is 0 Å². The summed E-state index contributed by atoms with van der Waals surface area (Å²) in [5.74, 6) is 0. The molecule has 2 atom stereocenters. The molecular formula is C12H21NO3. The van der Waals surface area contributed by atoms with Crippen molar-refractivity contribution in [2.75, 3.05) is 7.05 Å². The molecule has 0 amide bonds. The minimum Gasteiger partial charge on any atom is -0.870 e. The molecule has 0 aromatic heterocycles. The molecule has 92 valence electrons. The normalized spacial score (nSPS) is 18.1. The van der Waals surface area contributed by atoms with Gasteiger partial charge in [0.05, 0.1) is 7.05 Å². The van der Waals surface area contributed by atoms with Crippen LogP contribution in [0.15, 0.2) is 30.3 Å². The molecule has 3 N–H and O–H groups in total. The smallest absolute Gasteiger partial charge is 0.189 e. The third-order valence-corrected chi connectivity index (χ3v) is 3.07. The second kappa shape index (κ2) is 5.96. The Morgan fingerprint density at radius 3 is 1.88 bits per heavy atom. The Bertz CT molecular complexity index is 290. The number of hydrogen-bond donors (Lipinski definition) is 2. The lowest BCUT2D eigenvalue weighted by atomic mass is 10.2. The number of rotatable bonds is 4. The molecular weight excluding hydrogens is 206 g/mol. The minimum atomic E-state index is -0.592. The molecule has 0 saturated heterocycles. The topological polar surface area (TPSA) is 70.5 Å². The summed E-state index contributed by atoms with van der Waals surface area (Å²) in [5.41, 5.74) is 1.11. The second-order valence-electron chi connectivity index (χ2n) is 4.25. The van der Waals surface area contributed by atoms with Gasteiger partial charge >= 0.3 is 0 Å². The molecule has 0 aliphatic heterocycles. The summed E-state index contributed by atoms with van der Waals surface area (Å²) in [6.07, 6.45) is -1.18. The van der Waals surface area contributed by atoms with Gasteiger partial charge in [-0.1, -0.05) is 30.3 Å². The summed E-state index contributed by atoms with van der Waals surface area (Å²) in [5, 5.41) is 19.4. The SMILES string of the molecule is CC(O)[N+](C)(Cc1ccccc1)C(C)O.[OH-]. The van der Waals surface area contributed by atoms with Crippen molar-refractivity contribution in [3.63, 3.8) is 0 Å². The Morgan fingerprint density at radius 1 is 1.06 bits per heavy atom. The van der Waals surface area contributed by atoms with E-state index in [1.165, 1.54) is 0 Å². The summed E-state index contributed by atoms with van der Waals surface area (Å²) in [4.78, 5) is 0. The van der Waals surface area contributed by atoms with Gasteiger partial charge in [-0.3, -0.25) is 4.48 Å². The third-order valence-electron chi connectivity index (χ3n) is 3.07. The molecule has 0 saturated carbocycles. The fourth-order valence-electron chi connectivity index (χ4n) is 1.55. The average molecular weight is 227 g/mol. The van der Waals surface area contributed by atoms with Gasteiger partial charge in [0.1, 0.15) is 6.54 Å². The van der Waals surface area contributed by atoms with E-state index in [4.69, 9.17) is 0 Å². The molecule has 1 aromatic rings. The third kappa shape index (κ3) is 3.28. The lowest BCUT2D eigenvalue weighted by Gasteiger charge is -2.39. The number of nitrogens with zero attached hydrogens (tertiary/aromatic N) is 1. The fraction of sp³-hybridized carbons (Fsp3) is 0.500. The summed E-state index contributed by atoms with van der Waals surface area (Å²) in [6.45, 7) is 4.03. The van der Waals surface area contributed by atoms with E-state index in [9.17, 15) is 10.2 Å². The second-order valence-corrected chi connectivity index (χ2v) is 4.25. The van der Waals surface area contributed by atoms with Gasteiger partial charge in [-0.15, -0.1) is 0 Å². The van der Waals surface area contributed by atoms with E-state index in [2.05, 4.69) is 0 Å². The molecule has 0 spiro atoms. The minimum absolute atomic E-state index is 0. The van der Waals surface area contributed by atoms with Crippen molar-refractivity contribution >= 4 is 0 Å². The lowest BCUT2D eigenvalue weighted by molar-refractivity contribution is -1.00. The zero-order valence-electron chi connectivity index (χ0n) is 10.0. The Kier molecular flexibility index (Phi) is 5.61. The molecule has 0 aliphatic carbocycles. The lowest BCUT2D eigenvalue weighted by Crippen LogP contribution is -2.55. The number of hydrogen-bond acceptors (Lipinski definition) is 3. The molecule has 4 nitrogen and oxygen atoms in total. The molecule has 1 rings (SSSR count). The van der Waals surface area contributed by atoms with Crippen LogP contribution in [0, 0.1) is 0 Å². The first-order valence-corrected chi connectivity index (χ1v) is 5.22. The van der Waals surface area contributed by atoms with Crippen molar-refractivity contribution in [3.8, 4) is 0 Å².